The molecule has 0 atom stereocenters. The molecule has 1 heterocycles. The first kappa shape index (κ1) is 20.9. The molecule has 30 heavy (non-hydrogen) atoms. The summed E-state index contributed by atoms with van der Waals surface area (Å²) in [6.45, 7) is 0.669. The van der Waals surface area contributed by atoms with Gasteiger partial charge >= 0.3 is 0 Å². The number of hydrogen-bond donors (Lipinski definition) is 1. The number of amides is 1. The summed E-state index contributed by atoms with van der Waals surface area (Å²) in [6, 6.07) is 18.6. The van der Waals surface area contributed by atoms with E-state index in [0.717, 1.165) is 11.1 Å². The van der Waals surface area contributed by atoms with Crippen LogP contribution in [-0.2, 0) is 23.0 Å². The second kappa shape index (κ2) is 8.40. The van der Waals surface area contributed by atoms with Gasteiger partial charge < -0.3 is 5.32 Å². The van der Waals surface area contributed by atoms with Crippen molar-refractivity contribution >= 4 is 44.8 Å². The molecule has 3 aromatic carbocycles. The Bertz CT molecular complexity index is 1210. The van der Waals surface area contributed by atoms with Crippen LogP contribution < -0.4 is 5.32 Å². The highest BCUT2D eigenvalue weighted by atomic mass is 35.5. The van der Waals surface area contributed by atoms with E-state index in [-0.39, 0.29) is 17.3 Å². The molecule has 1 aliphatic rings. The zero-order valence-electron chi connectivity index (χ0n) is 15.8. The lowest BCUT2D eigenvalue weighted by molar-refractivity contribution is 0.102. The van der Waals surface area contributed by atoms with Gasteiger partial charge in [0, 0.05) is 24.3 Å². The maximum absolute atomic E-state index is 12.9. The number of fused-ring (bicyclic) bond motifs is 1. The molecule has 1 N–H and O–H groups in total. The molecule has 8 heteroatoms. The van der Waals surface area contributed by atoms with Crippen molar-refractivity contribution in [2.24, 2.45) is 0 Å². The molecule has 3 aromatic rings. The molecule has 5 nitrogen and oxygen atoms in total. The summed E-state index contributed by atoms with van der Waals surface area (Å²) in [4.78, 5) is 12.8. The third-order valence-corrected chi connectivity index (χ3v) is 7.60. The number of sulfonamides is 1. The summed E-state index contributed by atoms with van der Waals surface area (Å²) < 4.78 is 27.3. The lowest BCUT2D eigenvalue weighted by Crippen LogP contribution is -2.36. The van der Waals surface area contributed by atoms with Crippen LogP contribution in [-0.4, -0.2) is 25.2 Å². The molecule has 0 bridgehead atoms. The molecule has 4 rings (SSSR count). The second-order valence-electron chi connectivity index (χ2n) is 6.97. The molecular formula is C22H18Cl2N2O3S. The van der Waals surface area contributed by atoms with Gasteiger partial charge in [-0.15, -0.1) is 0 Å². The highest BCUT2D eigenvalue weighted by Gasteiger charge is 2.28. The van der Waals surface area contributed by atoms with E-state index in [2.05, 4.69) is 5.32 Å². The van der Waals surface area contributed by atoms with E-state index < -0.39 is 10.0 Å². The van der Waals surface area contributed by atoms with E-state index in [4.69, 9.17) is 23.2 Å². The maximum Gasteiger partial charge on any atom is 0.255 e. The van der Waals surface area contributed by atoms with Gasteiger partial charge in [0.05, 0.1) is 14.9 Å². The average molecular weight is 461 g/mol. The number of carbonyl (C=O) groups excluding carboxylic acids is 1. The average Bonchev–Trinajstić information content (AvgIpc) is 2.75. The number of halogens is 2. The lowest BCUT2D eigenvalue weighted by Gasteiger charge is -2.28. The largest absolute Gasteiger partial charge is 0.322 e. The first-order valence-electron chi connectivity index (χ1n) is 9.28. The van der Waals surface area contributed by atoms with Crippen LogP contribution in [0.4, 0.5) is 5.69 Å². The minimum atomic E-state index is -3.57. The van der Waals surface area contributed by atoms with Crippen LogP contribution in [0, 0.1) is 0 Å². The van der Waals surface area contributed by atoms with Crippen LogP contribution >= 0.6 is 23.2 Å². The minimum absolute atomic E-state index is 0.253. The highest BCUT2D eigenvalue weighted by molar-refractivity contribution is 7.89. The molecular weight excluding hydrogens is 443 g/mol. The van der Waals surface area contributed by atoms with Crippen molar-refractivity contribution in [2.75, 3.05) is 11.9 Å². The third-order valence-electron chi connectivity index (χ3n) is 5.00. The van der Waals surface area contributed by atoms with Crippen molar-refractivity contribution in [1.82, 2.24) is 4.31 Å². The highest BCUT2D eigenvalue weighted by Crippen LogP contribution is 2.28. The molecule has 0 spiro atoms. The third kappa shape index (κ3) is 4.23. The van der Waals surface area contributed by atoms with E-state index in [9.17, 15) is 13.2 Å². The number of carbonyl (C=O) groups is 1. The fourth-order valence-electron chi connectivity index (χ4n) is 3.40. The normalized spacial score (nSPS) is 14.2. The summed E-state index contributed by atoms with van der Waals surface area (Å²) >= 11 is 11.9. The maximum atomic E-state index is 12.9. The topological polar surface area (TPSA) is 66.5 Å². The molecule has 0 aliphatic carbocycles. The first-order valence-corrected chi connectivity index (χ1v) is 11.5. The Morgan fingerprint density at radius 2 is 1.67 bits per heavy atom. The molecule has 0 radical (unpaired) electrons. The molecule has 0 aromatic heterocycles. The van der Waals surface area contributed by atoms with Gasteiger partial charge in [-0.1, -0.05) is 47.5 Å². The Balaban J connectivity index is 1.55. The van der Waals surface area contributed by atoms with Crippen LogP contribution in [0.25, 0.3) is 0 Å². The molecule has 0 saturated carbocycles. The predicted octanol–water partition coefficient (Wildman–Crippen LogP) is 4.99. The predicted molar refractivity (Wildman–Crippen MR) is 119 cm³/mol. The molecule has 1 amide bonds. The summed E-state index contributed by atoms with van der Waals surface area (Å²) in [5.41, 5.74) is 2.91. The standard InChI is InChI=1S/C22H18Cl2N2O3S/c23-20-9-7-16(13-21(20)24)22(27)25-18-8-6-15-10-11-26(14-17(15)12-18)30(28,29)19-4-2-1-3-5-19/h1-9,12-13H,10-11,14H2,(H,25,27). The summed E-state index contributed by atoms with van der Waals surface area (Å²) in [5, 5.41) is 3.51. The van der Waals surface area contributed by atoms with Gasteiger partial charge in [-0.25, -0.2) is 8.42 Å². The van der Waals surface area contributed by atoms with Crippen molar-refractivity contribution in [3.63, 3.8) is 0 Å². The number of hydrogen-bond acceptors (Lipinski definition) is 3. The number of nitrogens with zero attached hydrogens (tertiary/aromatic N) is 1. The van der Waals surface area contributed by atoms with Gasteiger partial charge in [0.2, 0.25) is 10.0 Å². The van der Waals surface area contributed by atoms with E-state index in [1.54, 1.807) is 42.5 Å². The molecule has 0 saturated heterocycles. The minimum Gasteiger partial charge on any atom is -0.322 e. The Hall–Kier alpha value is -2.38. The molecule has 0 fully saturated rings. The van der Waals surface area contributed by atoms with E-state index >= 15 is 0 Å². The van der Waals surface area contributed by atoms with Gasteiger partial charge in [0.1, 0.15) is 0 Å². The van der Waals surface area contributed by atoms with Crippen LogP contribution in [0.2, 0.25) is 10.0 Å². The Morgan fingerprint density at radius 1 is 0.900 bits per heavy atom. The van der Waals surface area contributed by atoms with E-state index in [1.807, 2.05) is 18.2 Å². The first-order chi connectivity index (χ1) is 14.3. The molecule has 0 unspecified atom stereocenters. The number of anilines is 1. The van der Waals surface area contributed by atoms with Crippen molar-refractivity contribution in [3.05, 3.63) is 93.5 Å². The number of rotatable bonds is 4. The fraction of sp³-hybridized carbons (Fsp3) is 0.136. The van der Waals surface area contributed by atoms with Crippen molar-refractivity contribution in [2.45, 2.75) is 17.9 Å². The fourth-order valence-corrected chi connectivity index (χ4v) is 5.13. The van der Waals surface area contributed by atoms with Crippen molar-refractivity contribution in [1.29, 1.82) is 0 Å². The van der Waals surface area contributed by atoms with Crippen molar-refractivity contribution in [3.8, 4) is 0 Å². The van der Waals surface area contributed by atoms with Gasteiger partial charge in [-0.05, 0) is 60.0 Å². The Labute approximate surface area is 185 Å². The summed E-state index contributed by atoms with van der Waals surface area (Å²) in [7, 11) is -3.57. The Kier molecular flexibility index (Phi) is 5.84. The lowest BCUT2D eigenvalue weighted by atomic mass is 10.0. The SMILES string of the molecule is O=C(Nc1ccc2c(c1)CN(S(=O)(=O)c1ccccc1)CC2)c1ccc(Cl)c(Cl)c1. The summed E-state index contributed by atoms with van der Waals surface area (Å²) in [5.74, 6) is -0.321. The second-order valence-corrected chi connectivity index (χ2v) is 9.72. The van der Waals surface area contributed by atoms with E-state index in [1.165, 1.54) is 10.4 Å². The van der Waals surface area contributed by atoms with Crippen LogP contribution in [0.3, 0.4) is 0 Å². The van der Waals surface area contributed by atoms with Crippen LogP contribution in [0.15, 0.2) is 71.6 Å². The molecule has 1 aliphatic heterocycles. The summed E-state index contributed by atoms with van der Waals surface area (Å²) in [6.07, 6.45) is 0.614. The monoisotopic (exact) mass is 460 g/mol. The number of benzene rings is 3. The van der Waals surface area contributed by atoms with Crippen molar-refractivity contribution < 1.29 is 13.2 Å². The van der Waals surface area contributed by atoms with Gasteiger partial charge in [0.25, 0.3) is 5.91 Å². The van der Waals surface area contributed by atoms with Gasteiger partial charge in [-0.3, -0.25) is 4.79 Å². The zero-order chi connectivity index (χ0) is 21.3. The smallest absolute Gasteiger partial charge is 0.255 e. The van der Waals surface area contributed by atoms with E-state index in [0.29, 0.717) is 34.3 Å². The van der Waals surface area contributed by atoms with Crippen LogP contribution in [0.5, 0.6) is 0 Å². The van der Waals surface area contributed by atoms with Gasteiger partial charge in [0.15, 0.2) is 0 Å². The number of nitrogens with one attached hydrogen (secondary N) is 1. The zero-order valence-corrected chi connectivity index (χ0v) is 18.1. The van der Waals surface area contributed by atoms with Gasteiger partial charge in [-0.2, -0.15) is 4.31 Å². The van der Waals surface area contributed by atoms with Crippen LogP contribution in [0.1, 0.15) is 21.5 Å². The quantitative estimate of drug-likeness (QED) is 0.595. The Morgan fingerprint density at radius 3 is 2.40 bits per heavy atom. The molecule has 154 valence electrons.